The summed E-state index contributed by atoms with van der Waals surface area (Å²) in [5.74, 6) is 3.15. The van der Waals surface area contributed by atoms with Crippen LogP contribution in [-0.4, -0.2) is 22.3 Å². The van der Waals surface area contributed by atoms with Crippen molar-refractivity contribution in [1.29, 1.82) is 0 Å². The predicted octanol–water partition coefficient (Wildman–Crippen LogP) is 3.59. The summed E-state index contributed by atoms with van der Waals surface area (Å²) in [7, 11) is 0. The Labute approximate surface area is 162 Å². The second-order valence-electron chi connectivity index (χ2n) is 10.3. The molecule has 5 saturated carbocycles. The van der Waals surface area contributed by atoms with Crippen LogP contribution in [0.15, 0.2) is 0 Å². The average molecular weight is 377 g/mol. The van der Waals surface area contributed by atoms with Crippen LogP contribution in [0.5, 0.6) is 0 Å². The maximum absolute atomic E-state index is 12.5. The van der Waals surface area contributed by atoms with Gasteiger partial charge in [-0.25, -0.2) is 0 Å². The maximum Gasteiger partial charge on any atom is 0.226 e. The molecule has 0 aromatic carbocycles. The number of nitrogens with one attached hydrogen (secondary N) is 2. The highest BCUT2D eigenvalue weighted by Crippen LogP contribution is 2.56. The zero-order valence-corrected chi connectivity index (χ0v) is 17.1. The lowest BCUT2D eigenvalue weighted by Crippen LogP contribution is -2.62. The van der Waals surface area contributed by atoms with Crippen LogP contribution < -0.4 is 10.6 Å². The van der Waals surface area contributed by atoms with Gasteiger partial charge in [0.25, 0.3) is 0 Å². The van der Waals surface area contributed by atoms with Crippen LogP contribution in [0.1, 0.15) is 72.1 Å². The molecule has 4 bridgehead atoms. The number of ketones is 1. The van der Waals surface area contributed by atoms with Gasteiger partial charge in [0.2, 0.25) is 5.91 Å². The summed E-state index contributed by atoms with van der Waals surface area (Å²) in [5, 5.41) is 7.00. The lowest BCUT2D eigenvalue weighted by atomic mass is 9.52. The summed E-state index contributed by atoms with van der Waals surface area (Å²) in [5.41, 5.74) is 0.0483. The molecule has 0 spiro atoms. The third-order valence-corrected chi connectivity index (χ3v) is 8.27. The molecule has 0 radical (unpaired) electrons. The molecule has 2 N–H and O–H groups in total. The molecule has 144 valence electrons. The number of thiocarbonyl (C=S) groups is 1. The molecule has 1 amide bonds. The normalized spacial score (nSPS) is 42.0. The summed E-state index contributed by atoms with van der Waals surface area (Å²) in [6.07, 6.45) is 9.11. The topological polar surface area (TPSA) is 58.2 Å². The van der Waals surface area contributed by atoms with Gasteiger partial charge in [-0.1, -0.05) is 13.8 Å². The Hall–Kier alpha value is -0.970. The first-order chi connectivity index (χ1) is 12.2. The SMILES string of the molecule is CC(=O)C1CC(CC(=O)NC(=S)NC23CC4CC(CC(C4)C2)C3)C1(C)C. The molecule has 0 aromatic heterocycles. The van der Waals surface area contributed by atoms with E-state index < -0.39 is 0 Å². The number of rotatable bonds is 4. The van der Waals surface area contributed by atoms with Crippen molar-refractivity contribution in [3.63, 3.8) is 0 Å². The number of carbonyl (C=O) groups is 2. The average Bonchev–Trinajstić information content (AvgIpc) is 2.48. The van der Waals surface area contributed by atoms with Crippen molar-refractivity contribution in [2.75, 3.05) is 0 Å². The Bertz CT molecular complexity index is 607. The Morgan fingerprint density at radius 2 is 1.54 bits per heavy atom. The largest absolute Gasteiger partial charge is 0.357 e. The maximum atomic E-state index is 12.5. The van der Waals surface area contributed by atoms with Gasteiger partial charge >= 0.3 is 0 Å². The fourth-order valence-electron chi connectivity index (χ4n) is 6.99. The number of hydrogen-bond donors (Lipinski definition) is 2. The summed E-state index contributed by atoms with van der Waals surface area (Å²) in [6, 6.07) is 0. The van der Waals surface area contributed by atoms with Crippen molar-refractivity contribution in [3.8, 4) is 0 Å². The third kappa shape index (κ3) is 3.21. The molecule has 0 heterocycles. The lowest BCUT2D eigenvalue weighted by Gasteiger charge is -2.57. The zero-order valence-electron chi connectivity index (χ0n) is 16.3. The van der Waals surface area contributed by atoms with Crippen molar-refractivity contribution in [2.45, 2.75) is 77.7 Å². The van der Waals surface area contributed by atoms with Crippen LogP contribution in [0.2, 0.25) is 0 Å². The van der Waals surface area contributed by atoms with Gasteiger partial charge in [0.15, 0.2) is 5.11 Å². The number of Topliss-reactive ketones (excluding diaryl/α,β-unsaturated/α-hetero) is 1. The van der Waals surface area contributed by atoms with Crippen LogP contribution in [0.3, 0.4) is 0 Å². The highest BCUT2D eigenvalue weighted by molar-refractivity contribution is 7.80. The highest BCUT2D eigenvalue weighted by Gasteiger charge is 2.52. The minimum absolute atomic E-state index is 0.00712. The van der Waals surface area contributed by atoms with Crippen LogP contribution in [-0.2, 0) is 9.59 Å². The molecule has 5 rings (SSSR count). The van der Waals surface area contributed by atoms with Gasteiger partial charge in [-0.05, 0) is 93.2 Å². The Balaban J connectivity index is 1.29. The van der Waals surface area contributed by atoms with E-state index in [4.69, 9.17) is 12.2 Å². The minimum atomic E-state index is -0.0852. The van der Waals surface area contributed by atoms with Crippen molar-refractivity contribution in [2.24, 2.45) is 35.0 Å². The molecule has 4 nitrogen and oxygen atoms in total. The van der Waals surface area contributed by atoms with E-state index in [0.717, 1.165) is 24.2 Å². The Morgan fingerprint density at radius 1 is 1.00 bits per heavy atom. The van der Waals surface area contributed by atoms with Gasteiger partial charge in [-0.3, -0.25) is 9.59 Å². The van der Waals surface area contributed by atoms with E-state index in [1.807, 2.05) is 0 Å². The van der Waals surface area contributed by atoms with Crippen molar-refractivity contribution >= 4 is 29.0 Å². The molecular weight excluding hydrogens is 344 g/mol. The second kappa shape index (κ2) is 6.29. The quantitative estimate of drug-likeness (QED) is 0.736. The molecule has 2 atom stereocenters. The highest BCUT2D eigenvalue weighted by atomic mass is 32.1. The number of hydrogen-bond acceptors (Lipinski definition) is 3. The molecule has 5 aliphatic carbocycles. The van der Waals surface area contributed by atoms with Gasteiger partial charge in [-0.2, -0.15) is 0 Å². The molecule has 0 aromatic rings. The standard InChI is InChI=1S/C21H32N2O2S/c1-12(24)17-7-16(20(17,2)3)8-18(25)22-19(26)23-21-9-13-4-14(10-21)6-15(5-13)11-21/h13-17H,4-11H2,1-3H3,(H2,22,23,25,26). The predicted molar refractivity (Wildman–Crippen MR) is 105 cm³/mol. The summed E-state index contributed by atoms with van der Waals surface area (Å²) in [6.45, 7) is 5.87. The van der Waals surface area contributed by atoms with Crippen molar-refractivity contribution < 1.29 is 9.59 Å². The molecule has 5 heteroatoms. The summed E-state index contributed by atoms with van der Waals surface area (Å²) < 4.78 is 0. The third-order valence-electron chi connectivity index (χ3n) is 8.06. The molecule has 0 saturated heterocycles. The number of amides is 1. The Morgan fingerprint density at radius 3 is 2.00 bits per heavy atom. The van der Waals surface area contributed by atoms with E-state index in [9.17, 15) is 9.59 Å². The van der Waals surface area contributed by atoms with E-state index in [0.29, 0.717) is 11.5 Å². The van der Waals surface area contributed by atoms with Gasteiger partial charge in [-0.15, -0.1) is 0 Å². The first kappa shape index (κ1) is 18.4. The molecule has 2 unspecified atom stereocenters. The van der Waals surface area contributed by atoms with Gasteiger partial charge < -0.3 is 10.6 Å². The second-order valence-corrected chi connectivity index (χ2v) is 10.7. The van der Waals surface area contributed by atoms with Crippen molar-refractivity contribution in [1.82, 2.24) is 10.6 Å². The minimum Gasteiger partial charge on any atom is -0.357 e. The summed E-state index contributed by atoms with van der Waals surface area (Å²) in [4.78, 5) is 24.2. The Kier molecular flexibility index (Phi) is 4.45. The molecule has 5 aliphatic rings. The van der Waals surface area contributed by atoms with E-state index in [-0.39, 0.29) is 34.5 Å². The molecule has 26 heavy (non-hydrogen) atoms. The number of carbonyl (C=O) groups excluding carboxylic acids is 2. The van der Waals surface area contributed by atoms with Gasteiger partial charge in [0, 0.05) is 17.9 Å². The van der Waals surface area contributed by atoms with Gasteiger partial charge in [0.1, 0.15) is 5.78 Å². The van der Waals surface area contributed by atoms with Crippen LogP contribution in [0, 0.1) is 35.0 Å². The molecular formula is C21H32N2O2S. The van der Waals surface area contributed by atoms with Crippen LogP contribution in [0.4, 0.5) is 0 Å². The van der Waals surface area contributed by atoms with E-state index in [1.165, 1.54) is 38.5 Å². The van der Waals surface area contributed by atoms with E-state index in [1.54, 1.807) is 6.92 Å². The monoisotopic (exact) mass is 376 g/mol. The van der Waals surface area contributed by atoms with Crippen LogP contribution in [0.25, 0.3) is 0 Å². The van der Waals surface area contributed by atoms with Gasteiger partial charge in [0.05, 0.1) is 0 Å². The molecule has 0 aliphatic heterocycles. The first-order valence-corrected chi connectivity index (χ1v) is 10.7. The van der Waals surface area contributed by atoms with Crippen molar-refractivity contribution in [3.05, 3.63) is 0 Å². The van der Waals surface area contributed by atoms with Crippen LogP contribution >= 0.6 is 12.2 Å². The molecule has 5 fully saturated rings. The summed E-state index contributed by atoms with van der Waals surface area (Å²) >= 11 is 5.50. The fourth-order valence-corrected chi connectivity index (χ4v) is 7.32. The zero-order chi connectivity index (χ0) is 18.7. The lowest BCUT2D eigenvalue weighted by molar-refractivity contribution is -0.140. The fraction of sp³-hybridized carbons (Fsp3) is 0.857. The van der Waals surface area contributed by atoms with E-state index >= 15 is 0 Å². The first-order valence-electron chi connectivity index (χ1n) is 10.3. The van der Waals surface area contributed by atoms with E-state index in [2.05, 4.69) is 24.5 Å². The smallest absolute Gasteiger partial charge is 0.226 e.